The van der Waals surface area contributed by atoms with E-state index < -0.39 is 0 Å². The number of hydrogen-bond donors (Lipinski definition) is 1. The van der Waals surface area contributed by atoms with E-state index in [4.69, 9.17) is 9.47 Å². The lowest BCUT2D eigenvalue weighted by atomic mass is 10.1. The maximum atomic E-state index is 5.59. The van der Waals surface area contributed by atoms with Gasteiger partial charge in [0, 0.05) is 25.4 Å². The molecule has 110 valence electrons. The van der Waals surface area contributed by atoms with Gasteiger partial charge in [-0.1, -0.05) is 0 Å². The van der Waals surface area contributed by atoms with Gasteiger partial charge in [-0.2, -0.15) is 0 Å². The summed E-state index contributed by atoms with van der Waals surface area (Å²) >= 11 is 0. The molecule has 0 amide bonds. The molecule has 3 nitrogen and oxygen atoms in total. The maximum Gasteiger partial charge on any atom is 0.0518 e. The first-order valence-corrected chi connectivity index (χ1v) is 7.36. The Morgan fingerprint density at radius 2 is 1.44 bits per heavy atom. The summed E-state index contributed by atoms with van der Waals surface area (Å²) in [7, 11) is 0. The van der Waals surface area contributed by atoms with Crippen molar-refractivity contribution >= 4 is 0 Å². The van der Waals surface area contributed by atoms with Gasteiger partial charge in [-0.25, -0.2) is 0 Å². The van der Waals surface area contributed by atoms with Crippen molar-refractivity contribution in [2.45, 2.75) is 71.9 Å². The summed E-state index contributed by atoms with van der Waals surface area (Å²) in [5.74, 6) is 0. The summed E-state index contributed by atoms with van der Waals surface area (Å²) in [6.07, 6.45) is 4.89. The van der Waals surface area contributed by atoms with E-state index in [0.29, 0.717) is 6.10 Å². The largest absolute Gasteiger partial charge is 0.381 e. The summed E-state index contributed by atoms with van der Waals surface area (Å²) in [6, 6.07) is 0. The van der Waals surface area contributed by atoms with Crippen molar-refractivity contribution in [2.75, 3.05) is 26.4 Å². The van der Waals surface area contributed by atoms with E-state index in [1.54, 1.807) is 0 Å². The van der Waals surface area contributed by atoms with Gasteiger partial charge < -0.3 is 14.8 Å². The Morgan fingerprint density at radius 3 is 2.00 bits per heavy atom. The van der Waals surface area contributed by atoms with Crippen LogP contribution in [0.15, 0.2) is 0 Å². The third kappa shape index (κ3) is 15.9. The molecule has 0 aromatic carbocycles. The second-order valence-corrected chi connectivity index (χ2v) is 6.12. The minimum Gasteiger partial charge on any atom is -0.381 e. The highest BCUT2D eigenvalue weighted by molar-refractivity contribution is 4.69. The zero-order chi connectivity index (χ0) is 13.9. The predicted octanol–water partition coefficient (Wildman–Crippen LogP) is 3.38. The Bertz CT molecular complexity index is 176. The first-order chi connectivity index (χ1) is 8.42. The predicted molar refractivity (Wildman–Crippen MR) is 78.1 cm³/mol. The van der Waals surface area contributed by atoms with Crippen LogP contribution in [0.5, 0.6) is 0 Å². The smallest absolute Gasteiger partial charge is 0.0518 e. The molecule has 0 unspecified atom stereocenters. The molecule has 18 heavy (non-hydrogen) atoms. The van der Waals surface area contributed by atoms with Gasteiger partial charge in [0.25, 0.3) is 0 Å². The van der Waals surface area contributed by atoms with Gasteiger partial charge in [0.15, 0.2) is 0 Å². The molecule has 0 spiro atoms. The lowest BCUT2D eigenvalue weighted by Crippen LogP contribution is -2.36. The van der Waals surface area contributed by atoms with Gasteiger partial charge in [0.1, 0.15) is 0 Å². The van der Waals surface area contributed by atoms with Crippen LogP contribution in [-0.2, 0) is 9.47 Å². The van der Waals surface area contributed by atoms with Crippen LogP contribution in [0, 0.1) is 0 Å². The molecule has 0 aromatic rings. The Morgan fingerprint density at radius 1 is 0.889 bits per heavy atom. The lowest BCUT2D eigenvalue weighted by molar-refractivity contribution is 0.0661. The molecule has 0 aliphatic carbocycles. The molecule has 0 heterocycles. The standard InChI is InChI=1S/C15H33NO2/c1-14(2)18-13-9-8-12-17-11-7-6-10-16-15(3,4)5/h14,16H,6-13H2,1-5H3. The van der Waals surface area contributed by atoms with Crippen LogP contribution in [0.4, 0.5) is 0 Å². The van der Waals surface area contributed by atoms with Crippen molar-refractivity contribution < 1.29 is 9.47 Å². The maximum absolute atomic E-state index is 5.59. The molecule has 0 aromatic heterocycles. The fraction of sp³-hybridized carbons (Fsp3) is 1.00. The summed E-state index contributed by atoms with van der Waals surface area (Å²) in [5.41, 5.74) is 0.233. The van der Waals surface area contributed by atoms with Gasteiger partial charge in [-0.15, -0.1) is 0 Å². The molecule has 0 fully saturated rings. The van der Waals surface area contributed by atoms with Crippen molar-refractivity contribution in [3.8, 4) is 0 Å². The van der Waals surface area contributed by atoms with Crippen molar-refractivity contribution in [1.82, 2.24) is 5.32 Å². The molecule has 0 rings (SSSR count). The van der Waals surface area contributed by atoms with E-state index in [1.807, 2.05) is 0 Å². The number of ether oxygens (including phenoxy) is 2. The van der Waals surface area contributed by atoms with E-state index in [1.165, 1.54) is 6.42 Å². The molecule has 3 heteroatoms. The molecule has 0 saturated heterocycles. The van der Waals surface area contributed by atoms with Crippen LogP contribution < -0.4 is 5.32 Å². The Labute approximate surface area is 114 Å². The van der Waals surface area contributed by atoms with Gasteiger partial charge in [0.2, 0.25) is 0 Å². The topological polar surface area (TPSA) is 30.5 Å². The second kappa shape index (κ2) is 10.8. The van der Waals surface area contributed by atoms with E-state index in [9.17, 15) is 0 Å². The monoisotopic (exact) mass is 259 g/mol. The molecule has 0 atom stereocenters. The minimum atomic E-state index is 0.233. The number of hydrogen-bond acceptors (Lipinski definition) is 3. The van der Waals surface area contributed by atoms with Gasteiger partial charge >= 0.3 is 0 Å². The first-order valence-electron chi connectivity index (χ1n) is 7.36. The fourth-order valence-corrected chi connectivity index (χ4v) is 1.52. The highest BCUT2D eigenvalue weighted by atomic mass is 16.5. The lowest BCUT2D eigenvalue weighted by Gasteiger charge is -2.20. The van der Waals surface area contributed by atoms with Crippen molar-refractivity contribution in [3.05, 3.63) is 0 Å². The normalized spacial score (nSPS) is 12.3. The van der Waals surface area contributed by atoms with Crippen LogP contribution in [0.2, 0.25) is 0 Å². The molecule has 0 radical (unpaired) electrons. The average Bonchev–Trinajstić information content (AvgIpc) is 2.24. The molecule has 0 bridgehead atoms. The minimum absolute atomic E-state index is 0.233. The zero-order valence-corrected chi connectivity index (χ0v) is 13.1. The molecule has 0 saturated carbocycles. The van der Waals surface area contributed by atoms with Crippen LogP contribution in [0.1, 0.15) is 60.3 Å². The third-order valence-corrected chi connectivity index (χ3v) is 2.50. The molecule has 1 N–H and O–H groups in total. The molecular formula is C15H33NO2. The van der Waals surface area contributed by atoms with E-state index >= 15 is 0 Å². The van der Waals surface area contributed by atoms with Gasteiger partial charge in [-0.3, -0.25) is 0 Å². The van der Waals surface area contributed by atoms with Gasteiger partial charge in [0.05, 0.1) is 6.10 Å². The van der Waals surface area contributed by atoms with Crippen molar-refractivity contribution in [2.24, 2.45) is 0 Å². The highest BCUT2D eigenvalue weighted by Gasteiger charge is 2.06. The summed E-state index contributed by atoms with van der Waals surface area (Å²) < 4.78 is 11.1. The number of unbranched alkanes of at least 4 members (excludes halogenated alkanes) is 2. The van der Waals surface area contributed by atoms with Crippen LogP contribution in [0.25, 0.3) is 0 Å². The quantitative estimate of drug-likeness (QED) is 0.577. The summed E-state index contributed by atoms with van der Waals surface area (Å²) in [6.45, 7) is 14.4. The first kappa shape index (κ1) is 17.9. The van der Waals surface area contributed by atoms with Crippen LogP contribution >= 0.6 is 0 Å². The Hall–Kier alpha value is -0.120. The molecule has 0 aliphatic rings. The van der Waals surface area contributed by atoms with E-state index in [-0.39, 0.29) is 5.54 Å². The van der Waals surface area contributed by atoms with Gasteiger partial charge in [-0.05, 0) is 66.8 Å². The van der Waals surface area contributed by atoms with Crippen molar-refractivity contribution in [3.63, 3.8) is 0 Å². The Kier molecular flexibility index (Phi) is 10.7. The van der Waals surface area contributed by atoms with Crippen LogP contribution in [0.3, 0.4) is 0 Å². The van der Waals surface area contributed by atoms with Crippen molar-refractivity contribution in [1.29, 1.82) is 0 Å². The highest BCUT2D eigenvalue weighted by Crippen LogP contribution is 2.00. The second-order valence-electron chi connectivity index (χ2n) is 6.12. The summed E-state index contributed by atoms with van der Waals surface area (Å²) in [5, 5.41) is 3.48. The Balaban J connectivity index is 3.04. The van der Waals surface area contributed by atoms with E-state index in [2.05, 4.69) is 39.9 Å². The number of nitrogens with one attached hydrogen (secondary N) is 1. The fourth-order valence-electron chi connectivity index (χ4n) is 1.52. The SMILES string of the molecule is CC(C)OCCCCOCCCCNC(C)(C)C. The van der Waals surface area contributed by atoms with E-state index in [0.717, 1.165) is 45.6 Å². The van der Waals surface area contributed by atoms with Crippen LogP contribution in [-0.4, -0.2) is 38.0 Å². The zero-order valence-electron chi connectivity index (χ0n) is 13.1. The molecule has 0 aliphatic heterocycles. The number of rotatable bonds is 11. The molecular weight excluding hydrogens is 226 g/mol. The summed E-state index contributed by atoms with van der Waals surface area (Å²) in [4.78, 5) is 0. The third-order valence-electron chi connectivity index (χ3n) is 2.50. The average molecular weight is 259 g/mol.